The van der Waals surface area contributed by atoms with Gasteiger partial charge < -0.3 is 10.6 Å². The first-order valence-electron chi connectivity index (χ1n) is 7.24. The summed E-state index contributed by atoms with van der Waals surface area (Å²) in [6.07, 6.45) is 6.70. The summed E-state index contributed by atoms with van der Waals surface area (Å²) in [5.74, 6) is 1.85. The standard InChI is InChI=1S/C14H27N3.HI/c1-4-14(7-6-8-14)10-16-13(15-5-2)17-12-9-11(12)3;/h11-12H,4-10H2,1-3H3,(H2,15,16,17);1H. The summed E-state index contributed by atoms with van der Waals surface area (Å²) in [7, 11) is 0. The zero-order valence-electron chi connectivity index (χ0n) is 12.0. The van der Waals surface area contributed by atoms with E-state index >= 15 is 0 Å². The molecular weight excluding hydrogens is 337 g/mol. The molecule has 0 heterocycles. The van der Waals surface area contributed by atoms with E-state index in [1.165, 1.54) is 32.1 Å². The minimum absolute atomic E-state index is 0. The van der Waals surface area contributed by atoms with Crippen LogP contribution >= 0.6 is 24.0 Å². The van der Waals surface area contributed by atoms with Gasteiger partial charge in [-0.05, 0) is 43.9 Å². The third-order valence-corrected chi connectivity index (χ3v) is 4.51. The zero-order chi connectivity index (χ0) is 12.3. The second-order valence-electron chi connectivity index (χ2n) is 5.87. The summed E-state index contributed by atoms with van der Waals surface area (Å²) in [5.41, 5.74) is 0.525. The van der Waals surface area contributed by atoms with Crippen LogP contribution in [0.3, 0.4) is 0 Å². The van der Waals surface area contributed by atoms with Crippen LogP contribution in [0.4, 0.5) is 0 Å². The van der Waals surface area contributed by atoms with Gasteiger partial charge in [-0.1, -0.05) is 20.3 Å². The van der Waals surface area contributed by atoms with Crippen LogP contribution in [0, 0.1) is 11.3 Å². The van der Waals surface area contributed by atoms with E-state index in [2.05, 4.69) is 31.4 Å². The summed E-state index contributed by atoms with van der Waals surface area (Å²) in [5, 5.41) is 6.88. The normalized spacial score (nSPS) is 28.9. The molecule has 3 nitrogen and oxygen atoms in total. The van der Waals surface area contributed by atoms with Crippen LogP contribution in [0.25, 0.3) is 0 Å². The maximum Gasteiger partial charge on any atom is 0.191 e. The van der Waals surface area contributed by atoms with Crippen LogP contribution < -0.4 is 10.6 Å². The van der Waals surface area contributed by atoms with Crippen molar-refractivity contribution < 1.29 is 0 Å². The lowest BCUT2D eigenvalue weighted by atomic mass is 9.67. The fourth-order valence-corrected chi connectivity index (χ4v) is 2.57. The van der Waals surface area contributed by atoms with Crippen molar-refractivity contribution in [2.24, 2.45) is 16.3 Å². The van der Waals surface area contributed by atoms with Gasteiger partial charge in [0, 0.05) is 19.1 Å². The maximum absolute atomic E-state index is 4.79. The Morgan fingerprint density at radius 2 is 2.00 bits per heavy atom. The van der Waals surface area contributed by atoms with Gasteiger partial charge in [0.2, 0.25) is 0 Å². The van der Waals surface area contributed by atoms with Crippen LogP contribution in [-0.4, -0.2) is 25.1 Å². The van der Waals surface area contributed by atoms with Gasteiger partial charge in [0.25, 0.3) is 0 Å². The second-order valence-corrected chi connectivity index (χ2v) is 5.87. The van der Waals surface area contributed by atoms with Gasteiger partial charge in [-0.2, -0.15) is 0 Å². The Kier molecular flexibility index (Phi) is 6.21. The number of nitrogens with zero attached hydrogens (tertiary/aromatic N) is 1. The third kappa shape index (κ3) is 4.00. The van der Waals surface area contributed by atoms with Crippen LogP contribution in [0.5, 0.6) is 0 Å². The lowest BCUT2D eigenvalue weighted by Crippen LogP contribution is -2.41. The molecule has 2 saturated carbocycles. The molecule has 0 radical (unpaired) electrons. The number of hydrogen-bond acceptors (Lipinski definition) is 1. The molecule has 0 bridgehead atoms. The van der Waals surface area contributed by atoms with Crippen LogP contribution in [0.2, 0.25) is 0 Å². The molecule has 106 valence electrons. The largest absolute Gasteiger partial charge is 0.357 e. The van der Waals surface area contributed by atoms with Gasteiger partial charge in [0.05, 0.1) is 0 Å². The molecule has 2 fully saturated rings. The summed E-state index contributed by atoms with van der Waals surface area (Å²) in [6, 6.07) is 0.659. The molecule has 2 aliphatic rings. The van der Waals surface area contributed by atoms with E-state index in [1.54, 1.807) is 0 Å². The van der Waals surface area contributed by atoms with Crippen molar-refractivity contribution in [3.63, 3.8) is 0 Å². The molecule has 18 heavy (non-hydrogen) atoms. The van der Waals surface area contributed by atoms with Gasteiger partial charge >= 0.3 is 0 Å². The van der Waals surface area contributed by atoms with E-state index in [-0.39, 0.29) is 24.0 Å². The fourth-order valence-electron chi connectivity index (χ4n) is 2.57. The van der Waals surface area contributed by atoms with E-state index in [0.717, 1.165) is 25.0 Å². The highest BCUT2D eigenvalue weighted by atomic mass is 127. The molecule has 2 atom stereocenters. The minimum Gasteiger partial charge on any atom is -0.357 e. The minimum atomic E-state index is 0. The van der Waals surface area contributed by atoms with Gasteiger partial charge in [-0.3, -0.25) is 4.99 Å². The van der Waals surface area contributed by atoms with E-state index < -0.39 is 0 Å². The summed E-state index contributed by atoms with van der Waals surface area (Å²) < 4.78 is 0. The topological polar surface area (TPSA) is 36.4 Å². The molecule has 0 aliphatic heterocycles. The highest BCUT2D eigenvalue weighted by Crippen LogP contribution is 2.43. The van der Waals surface area contributed by atoms with E-state index in [1.807, 2.05) is 0 Å². The molecule has 2 unspecified atom stereocenters. The molecular formula is C14H28IN3. The van der Waals surface area contributed by atoms with E-state index in [0.29, 0.717) is 11.5 Å². The van der Waals surface area contributed by atoms with Crippen molar-refractivity contribution in [3.8, 4) is 0 Å². The first kappa shape index (κ1) is 16.1. The Balaban J connectivity index is 0.00000162. The maximum atomic E-state index is 4.79. The van der Waals surface area contributed by atoms with Crippen LogP contribution in [0.15, 0.2) is 4.99 Å². The highest BCUT2D eigenvalue weighted by molar-refractivity contribution is 14.0. The smallest absolute Gasteiger partial charge is 0.191 e. The predicted molar refractivity (Wildman–Crippen MR) is 88.7 cm³/mol. The molecule has 0 aromatic rings. The van der Waals surface area contributed by atoms with Crippen molar-refractivity contribution >= 4 is 29.9 Å². The predicted octanol–water partition coefficient (Wildman–Crippen LogP) is 3.15. The van der Waals surface area contributed by atoms with Crippen LogP contribution in [-0.2, 0) is 0 Å². The average Bonchev–Trinajstić information content (AvgIpc) is 2.93. The molecule has 2 N–H and O–H groups in total. The number of aliphatic imine (C=N–C) groups is 1. The molecule has 2 aliphatic carbocycles. The number of nitrogens with one attached hydrogen (secondary N) is 2. The van der Waals surface area contributed by atoms with Gasteiger partial charge in [0.15, 0.2) is 5.96 Å². The molecule has 0 saturated heterocycles. The molecule has 0 spiro atoms. The summed E-state index contributed by atoms with van der Waals surface area (Å²) in [6.45, 7) is 8.68. The monoisotopic (exact) mass is 365 g/mol. The van der Waals surface area contributed by atoms with Crippen molar-refractivity contribution in [2.45, 2.75) is 58.9 Å². The quantitative estimate of drug-likeness (QED) is 0.446. The number of hydrogen-bond donors (Lipinski definition) is 2. The SMILES string of the molecule is CCNC(=NCC1(CC)CCC1)NC1CC1C.I. The number of rotatable bonds is 5. The van der Waals surface area contributed by atoms with Crippen LogP contribution in [0.1, 0.15) is 52.9 Å². The highest BCUT2D eigenvalue weighted by Gasteiger charge is 2.36. The van der Waals surface area contributed by atoms with E-state index in [9.17, 15) is 0 Å². The number of halogens is 1. The molecule has 0 aromatic carbocycles. The number of guanidine groups is 1. The molecule has 4 heteroatoms. The molecule has 2 rings (SSSR count). The lowest BCUT2D eigenvalue weighted by Gasteiger charge is -2.40. The van der Waals surface area contributed by atoms with Crippen molar-refractivity contribution in [3.05, 3.63) is 0 Å². The van der Waals surface area contributed by atoms with E-state index in [4.69, 9.17) is 4.99 Å². The third-order valence-electron chi connectivity index (χ3n) is 4.51. The summed E-state index contributed by atoms with van der Waals surface area (Å²) >= 11 is 0. The Bertz CT molecular complexity index is 281. The first-order chi connectivity index (χ1) is 8.19. The average molecular weight is 365 g/mol. The van der Waals surface area contributed by atoms with Crippen molar-refractivity contribution in [1.29, 1.82) is 0 Å². The molecule has 0 amide bonds. The Labute approximate surface area is 129 Å². The lowest BCUT2D eigenvalue weighted by molar-refractivity contribution is 0.139. The van der Waals surface area contributed by atoms with Gasteiger partial charge in [-0.15, -0.1) is 24.0 Å². The summed E-state index contributed by atoms with van der Waals surface area (Å²) in [4.78, 5) is 4.79. The Morgan fingerprint density at radius 1 is 1.33 bits per heavy atom. The fraction of sp³-hybridized carbons (Fsp3) is 0.929. The van der Waals surface area contributed by atoms with Crippen molar-refractivity contribution in [1.82, 2.24) is 10.6 Å². The van der Waals surface area contributed by atoms with Gasteiger partial charge in [0.1, 0.15) is 0 Å². The second kappa shape index (κ2) is 6.96. The van der Waals surface area contributed by atoms with Gasteiger partial charge in [-0.25, -0.2) is 0 Å². The molecule has 0 aromatic heterocycles. The zero-order valence-corrected chi connectivity index (χ0v) is 14.3. The first-order valence-corrected chi connectivity index (χ1v) is 7.24. The Hall–Kier alpha value is 0. The van der Waals surface area contributed by atoms with Crippen molar-refractivity contribution in [2.75, 3.05) is 13.1 Å². The Morgan fingerprint density at radius 3 is 2.39 bits per heavy atom.